The lowest BCUT2D eigenvalue weighted by molar-refractivity contribution is -0.117. The van der Waals surface area contributed by atoms with Gasteiger partial charge >= 0.3 is 0 Å². The predicted octanol–water partition coefficient (Wildman–Crippen LogP) is 1.20. The summed E-state index contributed by atoms with van der Waals surface area (Å²) in [5.41, 5.74) is 1.66. The minimum Gasteiger partial charge on any atom is -0.492 e. The summed E-state index contributed by atoms with van der Waals surface area (Å²) in [6, 6.07) is 4.89. The van der Waals surface area contributed by atoms with E-state index in [2.05, 4.69) is 20.6 Å². The van der Waals surface area contributed by atoms with Gasteiger partial charge in [0.05, 0.1) is 12.3 Å². The maximum absolute atomic E-state index is 12.3. The fraction of sp³-hybridized carbons (Fsp3) is 0.353. The second kappa shape index (κ2) is 6.58. The van der Waals surface area contributed by atoms with Gasteiger partial charge in [-0.1, -0.05) is 0 Å². The van der Waals surface area contributed by atoms with Crippen LogP contribution in [0.15, 0.2) is 35.5 Å². The van der Waals surface area contributed by atoms with Gasteiger partial charge in [0.1, 0.15) is 24.3 Å². The maximum atomic E-state index is 12.3. The Morgan fingerprint density at radius 1 is 1.38 bits per heavy atom. The van der Waals surface area contributed by atoms with Crippen LogP contribution < -0.4 is 15.6 Å². The molecule has 0 spiro atoms. The number of hydrogen-bond donors (Lipinski definition) is 1. The van der Waals surface area contributed by atoms with E-state index in [1.807, 2.05) is 6.92 Å². The van der Waals surface area contributed by atoms with Crippen LogP contribution in [0.5, 0.6) is 5.75 Å². The van der Waals surface area contributed by atoms with Crippen LogP contribution in [-0.4, -0.2) is 36.9 Å². The van der Waals surface area contributed by atoms with E-state index in [1.165, 1.54) is 10.7 Å². The van der Waals surface area contributed by atoms with Crippen LogP contribution in [0.1, 0.15) is 31.4 Å². The average Bonchev–Trinajstić information content (AvgIpc) is 3.35. The van der Waals surface area contributed by atoms with Crippen molar-refractivity contribution in [2.45, 2.75) is 32.2 Å². The van der Waals surface area contributed by atoms with Gasteiger partial charge in [-0.05, 0) is 31.9 Å². The Morgan fingerprint density at radius 2 is 2.23 bits per heavy atom. The average molecular weight is 354 g/mol. The summed E-state index contributed by atoms with van der Waals surface area (Å²) in [7, 11) is 0. The second-order valence-corrected chi connectivity index (χ2v) is 6.16. The number of carbonyl (C=O) groups is 1. The molecule has 1 aliphatic rings. The molecule has 9 heteroatoms. The monoisotopic (exact) mass is 354 g/mol. The number of amides is 1. The van der Waals surface area contributed by atoms with Gasteiger partial charge in [0.2, 0.25) is 5.91 Å². The SMILES string of the molecule is CCOc1cc(=O)n(CC(=O)Nc2ccc3nncn3c2)nc1C1CC1. The molecular weight excluding hydrogens is 336 g/mol. The molecule has 1 saturated carbocycles. The molecule has 134 valence electrons. The molecule has 1 fully saturated rings. The van der Waals surface area contributed by atoms with Crippen molar-refractivity contribution in [2.75, 3.05) is 11.9 Å². The van der Waals surface area contributed by atoms with E-state index in [1.54, 1.807) is 29.1 Å². The van der Waals surface area contributed by atoms with Gasteiger partial charge < -0.3 is 10.1 Å². The number of rotatable bonds is 6. The van der Waals surface area contributed by atoms with E-state index in [0.29, 0.717) is 29.6 Å². The summed E-state index contributed by atoms with van der Waals surface area (Å²) in [5, 5.41) is 14.8. The minimum atomic E-state index is -0.359. The molecule has 1 amide bonds. The summed E-state index contributed by atoms with van der Waals surface area (Å²) in [5.74, 6) is 0.496. The van der Waals surface area contributed by atoms with Crippen LogP contribution in [0.4, 0.5) is 5.69 Å². The van der Waals surface area contributed by atoms with Gasteiger partial charge in [0, 0.05) is 18.2 Å². The molecule has 3 aromatic heterocycles. The maximum Gasteiger partial charge on any atom is 0.270 e. The highest BCUT2D eigenvalue weighted by Crippen LogP contribution is 2.42. The van der Waals surface area contributed by atoms with Crippen LogP contribution in [-0.2, 0) is 11.3 Å². The molecule has 4 rings (SSSR count). The molecular formula is C17H18N6O3. The Hall–Kier alpha value is -3.23. The Kier molecular flexibility index (Phi) is 4.11. The first-order valence-corrected chi connectivity index (χ1v) is 8.48. The first-order valence-electron chi connectivity index (χ1n) is 8.48. The van der Waals surface area contributed by atoms with E-state index in [0.717, 1.165) is 18.5 Å². The van der Waals surface area contributed by atoms with E-state index >= 15 is 0 Å². The lowest BCUT2D eigenvalue weighted by Gasteiger charge is -2.12. The lowest BCUT2D eigenvalue weighted by Crippen LogP contribution is -2.30. The third kappa shape index (κ3) is 3.28. The van der Waals surface area contributed by atoms with Crippen molar-refractivity contribution in [1.29, 1.82) is 0 Å². The van der Waals surface area contributed by atoms with Crippen LogP contribution in [0.2, 0.25) is 0 Å². The van der Waals surface area contributed by atoms with E-state index in [9.17, 15) is 9.59 Å². The fourth-order valence-electron chi connectivity index (χ4n) is 2.75. The molecule has 3 aromatic rings. The first-order chi connectivity index (χ1) is 12.6. The number of ether oxygens (including phenoxy) is 1. The molecule has 1 N–H and O–H groups in total. The molecule has 0 saturated heterocycles. The summed E-state index contributed by atoms with van der Waals surface area (Å²) >= 11 is 0. The highest BCUT2D eigenvalue weighted by atomic mass is 16.5. The second-order valence-electron chi connectivity index (χ2n) is 6.16. The van der Waals surface area contributed by atoms with Crippen LogP contribution in [0, 0.1) is 0 Å². The molecule has 26 heavy (non-hydrogen) atoms. The van der Waals surface area contributed by atoms with Gasteiger partial charge in [-0.3, -0.25) is 14.0 Å². The summed E-state index contributed by atoms with van der Waals surface area (Å²) in [6.45, 7) is 2.17. The zero-order chi connectivity index (χ0) is 18.1. The molecule has 0 unspecified atom stereocenters. The zero-order valence-electron chi connectivity index (χ0n) is 14.3. The van der Waals surface area contributed by atoms with Crippen molar-refractivity contribution >= 4 is 17.2 Å². The molecule has 9 nitrogen and oxygen atoms in total. The number of pyridine rings is 1. The summed E-state index contributed by atoms with van der Waals surface area (Å²) in [6.07, 6.45) is 5.30. The van der Waals surface area contributed by atoms with Crippen molar-refractivity contribution in [3.8, 4) is 5.75 Å². The van der Waals surface area contributed by atoms with Crippen molar-refractivity contribution in [3.05, 3.63) is 46.8 Å². The number of nitrogens with zero attached hydrogens (tertiary/aromatic N) is 5. The predicted molar refractivity (Wildman–Crippen MR) is 93.3 cm³/mol. The number of carbonyl (C=O) groups excluding carboxylic acids is 1. The molecule has 0 bridgehead atoms. The number of nitrogens with one attached hydrogen (secondary N) is 1. The van der Waals surface area contributed by atoms with Crippen LogP contribution in [0.3, 0.4) is 0 Å². The van der Waals surface area contributed by atoms with Crippen molar-refractivity contribution in [2.24, 2.45) is 0 Å². The van der Waals surface area contributed by atoms with Gasteiger partial charge in [-0.25, -0.2) is 4.68 Å². The van der Waals surface area contributed by atoms with Gasteiger partial charge in [-0.2, -0.15) is 5.10 Å². The Labute approximate surface area is 148 Å². The Bertz CT molecular complexity index is 1020. The highest BCUT2D eigenvalue weighted by Gasteiger charge is 2.30. The molecule has 0 atom stereocenters. The molecule has 0 aromatic carbocycles. The number of hydrogen-bond acceptors (Lipinski definition) is 6. The fourth-order valence-corrected chi connectivity index (χ4v) is 2.75. The van der Waals surface area contributed by atoms with Gasteiger partial charge in [0.25, 0.3) is 5.56 Å². The number of anilines is 1. The minimum absolute atomic E-state index is 0.162. The third-order valence-corrected chi connectivity index (χ3v) is 4.12. The lowest BCUT2D eigenvalue weighted by atomic mass is 10.2. The number of aromatic nitrogens is 5. The standard InChI is InChI=1S/C17H18N6O3/c1-2-26-13-7-16(25)23(21-17(13)11-3-4-11)9-15(24)19-12-5-6-14-20-18-10-22(14)8-12/h5-8,10-11H,2-4,9H2,1H3,(H,19,24). The van der Waals surface area contributed by atoms with Crippen molar-refractivity contribution < 1.29 is 9.53 Å². The van der Waals surface area contributed by atoms with E-state index < -0.39 is 0 Å². The van der Waals surface area contributed by atoms with Crippen molar-refractivity contribution in [1.82, 2.24) is 24.4 Å². The first kappa shape index (κ1) is 16.2. The Morgan fingerprint density at radius 3 is 3.00 bits per heavy atom. The largest absolute Gasteiger partial charge is 0.492 e. The smallest absolute Gasteiger partial charge is 0.270 e. The van der Waals surface area contributed by atoms with Crippen LogP contribution >= 0.6 is 0 Å². The molecule has 0 aliphatic heterocycles. The van der Waals surface area contributed by atoms with Gasteiger partial charge in [-0.15, -0.1) is 10.2 Å². The molecule has 1 aliphatic carbocycles. The third-order valence-electron chi connectivity index (χ3n) is 4.12. The van der Waals surface area contributed by atoms with Gasteiger partial charge in [0.15, 0.2) is 5.65 Å². The van der Waals surface area contributed by atoms with E-state index in [-0.39, 0.29) is 18.0 Å². The zero-order valence-corrected chi connectivity index (χ0v) is 14.3. The van der Waals surface area contributed by atoms with Crippen molar-refractivity contribution in [3.63, 3.8) is 0 Å². The topological polar surface area (TPSA) is 103 Å². The quantitative estimate of drug-likeness (QED) is 0.713. The summed E-state index contributed by atoms with van der Waals surface area (Å²) < 4.78 is 8.40. The number of fused-ring (bicyclic) bond motifs is 1. The molecule has 3 heterocycles. The Balaban J connectivity index is 1.53. The summed E-state index contributed by atoms with van der Waals surface area (Å²) in [4.78, 5) is 24.6. The van der Waals surface area contributed by atoms with Crippen LogP contribution in [0.25, 0.3) is 5.65 Å². The van der Waals surface area contributed by atoms with E-state index in [4.69, 9.17) is 4.74 Å². The highest BCUT2D eigenvalue weighted by molar-refractivity contribution is 5.90. The normalized spacial score (nSPS) is 13.7. The molecule has 0 radical (unpaired) electrons.